The zero-order valence-corrected chi connectivity index (χ0v) is 8.36. The van der Waals surface area contributed by atoms with E-state index in [2.05, 4.69) is 0 Å². The Hall–Kier alpha value is -1.22. The predicted octanol–water partition coefficient (Wildman–Crippen LogP) is 1.03. The van der Waals surface area contributed by atoms with Gasteiger partial charge in [0.05, 0.1) is 5.41 Å². The fourth-order valence-corrected chi connectivity index (χ4v) is 1.53. The molecule has 0 spiro atoms. The van der Waals surface area contributed by atoms with Gasteiger partial charge in [-0.25, -0.2) is 0 Å². The molecule has 0 fully saturated rings. The van der Waals surface area contributed by atoms with E-state index >= 15 is 0 Å². The summed E-state index contributed by atoms with van der Waals surface area (Å²) in [5.41, 5.74) is -2.73. The highest BCUT2D eigenvalue weighted by Crippen LogP contribution is 2.37. The van der Waals surface area contributed by atoms with E-state index in [1.165, 1.54) is 13.8 Å². The van der Waals surface area contributed by atoms with Crippen LogP contribution < -0.4 is 0 Å². The van der Waals surface area contributed by atoms with Crippen LogP contribution in [0, 0.1) is 5.41 Å². The summed E-state index contributed by atoms with van der Waals surface area (Å²) in [6, 6.07) is 0. The second-order valence-corrected chi connectivity index (χ2v) is 3.78. The Morgan fingerprint density at radius 3 is 2.57 bits per heavy atom. The number of carbonyl (C=O) groups is 2. The molecule has 0 aromatic carbocycles. The molecule has 0 aromatic heterocycles. The van der Waals surface area contributed by atoms with Crippen LogP contribution in [0.3, 0.4) is 0 Å². The van der Waals surface area contributed by atoms with Crippen molar-refractivity contribution in [2.75, 3.05) is 0 Å². The molecular formula is C11H14O3. The van der Waals surface area contributed by atoms with Crippen molar-refractivity contribution in [1.29, 1.82) is 0 Å². The van der Waals surface area contributed by atoms with Gasteiger partial charge in [-0.15, -0.1) is 0 Å². The summed E-state index contributed by atoms with van der Waals surface area (Å²) < 4.78 is 0. The Morgan fingerprint density at radius 2 is 2.21 bits per heavy atom. The van der Waals surface area contributed by atoms with Gasteiger partial charge in [0.1, 0.15) is 11.9 Å². The van der Waals surface area contributed by atoms with Crippen LogP contribution in [0.4, 0.5) is 0 Å². The second-order valence-electron chi connectivity index (χ2n) is 3.78. The monoisotopic (exact) mass is 194 g/mol. The average Bonchev–Trinajstić information content (AvgIpc) is 2.18. The average molecular weight is 194 g/mol. The third kappa shape index (κ3) is 1.44. The van der Waals surface area contributed by atoms with Crippen molar-refractivity contribution in [3.05, 3.63) is 24.3 Å². The highest BCUT2D eigenvalue weighted by Gasteiger charge is 2.48. The number of ketones is 1. The highest BCUT2D eigenvalue weighted by molar-refractivity contribution is 5.90. The Bertz CT molecular complexity index is 312. The van der Waals surface area contributed by atoms with Gasteiger partial charge >= 0.3 is 0 Å². The summed E-state index contributed by atoms with van der Waals surface area (Å²) in [5, 5.41) is 10.0. The van der Waals surface area contributed by atoms with Gasteiger partial charge < -0.3 is 9.90 Å². The molecule has 2 atom stereocenters. The van der Waals surface area contributed by atoms with Crippen molar-refractivity contribution < 1.29 is 14.7 Å². The van der Waals surface area contributed by atoms with E-state index in [-0.39, 0.29) is 0 Å². The number of carbonyl (C=O) groups excluding carboxylic acids is 2. The maximum atomic E-state index is 11.3. The van der Waals surface area contributed by atoms with E-state index in [0.717, 1.165) is 0 Å². The normalized spacial score (nSPS) is 29.6. The zero-order chi connectivity index (χ0) is 10.8. The van der Waals surface area contributed by atoms with E-state index in [4.69, 9.17) is 0 Å². The number of aliphatic hydroxyl groups is 1. The lowest BCUT2D eigenvalue weighted by atomic mass is 9.68. The Kier molecular flexibility index (Phi) is 2.71. The van der Waals surface area contributed by atoms with Crippen LogP contribution >= 0.6 is 0 Å². The van der Waals surface area contributed by atoms with E-state index in [9.17, 15) is 14.7 Å². The highest BCUT2D eigenvalue weighted by atomic mass is 16.3. The molecule has 0 heterocycles. The first-order valence-electron chi connectivity index (χ1n) is 4.50. The van der Waals surface area contributed by atoms with Crippen LogP contribution in [-0.2, 0) is 9.59 Å². The van der Waals surface area contributed by atoms with Gasteiger partial charge in [-0.2, -0.15) is 0 Å². The summed E-state index contributed by atoms with van der Waals surface area (Å²) in [4.78, 5) is 22.3. The molecule has 0 unspecified atom stereocenters. The molecule has 3 heteroatoms. The van der Waals surface area contributed by atoms with E-state index in [0.29, 0.717) is 12.7 Å². The minimum atomic E-state index is -1.63. The molecule has 3 nitrogen and oxygen atoms in total. The molecule has 0 amide bonds. The molecule has 76 valence electrons. The minimum absolute atomic E-state index is 0.361. The number of rotatable bonds is 3. The van der Waals surface area contributed by atoms with Crippen LogP contribution in [-0.4, -0.2) is 22.8 Å². The first-order valence-corrected chi connectivity index (χ1v) is 4.50. The molecule has 0 radical (unpaired) electrons. The smallest absolute Gasteiger partial charge is 0.162 e. The lowest BCUT2D eigenvalue weighted by Crippen LogP contribution is -2.51. The molecule has 0 aromatic rings. The number of allylic oxidation sites excluding steroid dienone is 3. The molecule has 1 N–H and O–H groups in total. The van der Waals surface area contributed by atoms with Gasteiger partial charge in [-0.1, -0.05) is 24.3 Å². The number of aldehydes is 1. The number of Topliss-reactive ketones (excluding diaryl/α,β-unsaturated/α-hetero) is 1. The van der Waals surface area contributed by atoms with E-state index < -0.39 is 16.8 Å². The molecule has 1 aliphatic carbocycles. The lowest BCUT2D eigenvalue weighted by molar-refractivity contribution is -0.149. The van der Waals surface area contributed by atoms with Crippen LogP contribution in [0.5, 0.6) is 0 Å². The fourth-order valence-electron chi connectivity index (χ4n) is 1.53. The van der Waals surface area contributed by atoms with Gasteiger partial charge in [-0.3, -0.25) is 4.79 Å². The van der Waals surface area contributed by atoms with Crippen molar-refractivity contribution in [3.8, 4) is 0 Å². The Morgan fingerprint density at radius 1 is 1.57 bits per heavy atom. The summed E-state index contributed by atoms with van der Waals surface area (Å²) >= 11 is 0. The van der Waals surface area contributed by atoms with Crippen molar-refractivity contribution >= 4 is 12.1 Å². The Balaban J connectivity index is 3.13. The van der Waals surface area contributed by atoms with Gasteiger partial charge in [0, 0.05) is 0 Å². The first-order chi connectivity index (χ1) is 6.46. The molecule has 14 heavy (non-hydrogen) atoms. The van der Waals surface area contributed by atoms with Crippen LogP contribution in [0.1, 0.15) is 20.3 Å². The molecule has 1 rings (SSSR count). The van der Waals surface area contributed by atoms with Crippen LogP contribution in [0.15, 0.2) is 24.3 Å². The quantitative estimate of drug-likeness (QED) is 0.683. The lowest BCUT2D eigenvalue weighted by Gasteiger charge is -2.37. The summed E-state index contributed by atoms with van der Waals surface area (Å²) in [6.45, 7) is 2.67. The van der Waals surface area contributed by atoms with Crippen molar-refractivity contribution in [2.24, 2.45) is 5.41 Å². The molecule has 1 aliphatic rings. The second kappa shape index (κ2) is 3.50. The molecular weight excluding hydrogens is 180 g/mol. The van der Waals surface area contributed by atoms with Crippen molar-refractivity contribution in [3.63, 3.8) is 0 Å². The van der Waals surface area contributed by atoms with Gasteiger partial charge in [0.25, 0.3) is 0 Å². The Labute approximate surface area is 83.1 Å². The zero-order valence-electron chi connectivity index (χ0n) is 8.36. The van der Waals surface area contributed by atoms with E-state index in [1.807, 2.05) is 0 Å². The molecule has 0 saturated carbocycles. The summed E-state index contributed by atoms with van der Waals surface area (Å²) in [6.07, 6.45) is 7.83. The standard InChI is InChI=1S/C11H14O3/c1-9(13)10(2,14)11(8-12)6-4-3-5-7-11/h3-6,8,14H,7H2,1-2H3/t10-,11-/m1/s1. The third-order valence-corrected chi connectivity index (χ3v) is 2.90. The van der Waals surface area contributed by atoms with Gasteiger partial charge in [-0.05, 0) is 20.3 Å². The fraction of sp³-hybridized carbons (Fsp3) is 0.455. The summed E-state index contributed by atoms with van der Waals surface area (Å²) in [7, 11) is 0. The third-order valence-electron chi connectivity index (χ3n) is 2.90. The maximum Gasteiger partial charge on any atom is 0.162 e. The van der Waals surface area contributed by atoms with E-state index in [1.54, 1.807) is 24.3 Å². The number of hydrogen-bond acceptors (Lipinski definition) is 3. The van der Waals surface area contributed by atoms with Crippen molar-refractivity contribution in [2.45, 2.75) is 25.9 Å². The largest absolute Gasteiger partial charge is 0.381 e. The molecule has 0 saturated heterocycles. The number of hydrogen-bond donors (Lipinski definition) is 1. The predicted molar refractivity (Wildman–Crippen MR) is 52.7 cm³/mol. The van der Waals surface area contributed by atoms with Crippen molar-refractivity contribution in [1.82, 2.24) is 0 Å². The molecule has 0 bridgehead atoms. The SMILES string of the molecule is CC(=O)[C@@](C)(O)[C@]1(C=O)C=CC=CC1. The topological polar surface area (TPSA) is 54.4 Å². The maximum absolute atomic E-state index is 11.3. The van der Waals surface area contributed by atoms with Gasteiger partial charge in [0.15, 0.2) is 5.78 Å². The van der Waals surface area contributed by atoms with Crippen LogP contribution in [0.25, 0.3) is 0 Å². The molecule has 0 aliphatic heterocycles. The minimum Gasteiger partial charge on any atom is -0.381 e. The van der Waals surface area contributed by atoms with Gasteiger partial charge in [0.2, 0.25) is 0 Å². The first kappa shape index (κ1) is 10.9. The van der Waals surface area contributed by atoms with Crippen LogP contribution in [0.2, 0.25) is 0 Å². The summed E-state index contributed by atoms with van der Waals surface area (Å²) in [5.74, 6) is -0.399.